The van der Waals surface area contributed by atoms with Crippen LogP contribution < -0.4 is 14.8 Å². The molecule has 0 radical (unpaired) electrons. The summed E-state index contributed by atoms with van der Waals surface area (Å²) in [5.41, 5.74) is 0.811. The molecule has 1 atom stereocenters. The van der Waals surface area contributed by atoms with Crippen molar-refractivity contribution < 1.29 is 23.1 Å². The average Bonchev–Trinajstić information content (AvgIpc) is 3.58. The Labute approximate surface area is 227 Å². The predicted octanol–water partition coefficient (Wildman–Crippen LogP) is 1.70. The van der Waals surface area contributed by atoms with Gasteiger partial charge in [-0.25, -0.2) is 22.8 Å². The van der Waals surface area contributed by atoms with Crippen molar-refractivity contribution in [3.8, 4) is 11.6 Å². The molecule has 1 aliphatic carbocycles. The van der Waals surface area contributed by atoms with E-state index in [9.17, 15) is 18.3 Å². The van der Waals surface area contributed by atoms with Crippen molar-refractivity contribution >= 4 is 32.8 Å². The molecule has 1 saturated carbocycles. The molecule has 1 aliphatic heterocycles. The van der Waals surface area contributed by atoms with Gasteiger partial charge in [-0.05, 0) is 57.7 Å². The summed E-state index contributed by atoms with van der Waals surface area (Å²) in [5.74, 6) is 1.92. The summed E-state index contributed by atoms with van der Waals surface area (Å²) in [6.07, 6.45) is 7.34. The summed E-state index contributed by atoms with van der Waals surface area (Å²) < 4.78 is 33.1. The molecule has 1 saturated heterocycles. The van der Waals surface area contributed by atoms with Gasteiger partial charge in [-0.3, -0.25) is 4.79 Å². The Balaban J connectivity index is 1.20. The molecule has 2 aliphatic rings. The molecule has 39 heavy (non-hydrogen) atoms. The average molecular weight is 558 g/mol. The molecule has 3 N–H and O–H groups in total. The van der Waals surface area contributed by atoms with Crippen LogP contribution in [-0.4, -0.2) is 88.7 Å². The van der Waals surface area contributed by atoms with Crippen LogP contribution in [0.1, 0.15) is 38.5 Å². The molecule has 3 heterocycles. The zero-order chi connectivity index (χ0) is 27.4. The number of aromatic nitrogens is 4. The Bertz CT molecular complexity index is 1400. The van der Waals surface area contributed by atoms with E-state index in [1.54, 1.807) is 28.0 Å². The molecule has 2 fully saturated rings. The van der Waals surface area contributed by atoms with E-state index in [0.717, 1.165) is 36.6 Å². The highest BCUT2D eigenvalue weighted by Crippen LogP contribution is 2.30. The maximum Gasteiger partial charge on any atom is 0.225 e. The van der Waals surface area contributed by atoms with Gasteiger partial charge in [-0.15, -0.1) is 0 Å². The Morgan fingerprint density at radius 3 is 2.74 bits per heavy atom. The number of anilines is 1. The van der Waals surface area contributed by atoms with E-state index in [1.807, 2.05) is 18.2 Å². The van der Waals surface area contributed by atoms with Gasteiger partial charge in [0.05, 0.1) is 35.6 Å². The number of aliphatic hydroxyl groups excluding tert-OH is 1. The van der Waals surface area contributed by atoms with Crippen molar-refractivity contribution in [2.24, 2.45) is 5.92 Å². The molecule has 2 aromatic heterocycles. The minimum absolute atomic E-state index is 0.00398. The predicted molar refractivity (Wildman–Crippen MR) is 146 cm³/mol. The zero-order valence-corrected chi connectivity index (χ0v) is 22.8. The lowest BCUT2D eigenvalue weighted by molar-refractivity contribution is -0.135. The van der Waals surface area contributed by atoms with E-state index >= 15 is 0 Å². The van der Waals surface area contributed by atoms with Crippen LogP contribution >= 0.6 is 0 Å². The van der Waals surface area contributed by atoms with E-state index in [-0.39, 0.29) is 30.2 Å². The number of ether oxygens (including phenoxy) is 1. The van der Waals surface area contributed by atoms with Gasteiger partial charge < -0.3 is 20.1 Å². The van der Waals surface area contributed by atoms with Crippen LogP contribution in [0.3, 0.4) is 0 Å². The fraction of sp³-hybridized carbons (Fsp3) is 0.538. The molecule has 0 bridgehead atoms. The van der Waals surface area contributed by atoms with E-state index in [2.05, 4.69) is 25.1 Å². The lowest BCUT2D eigenvalue weighted by Crippen LogP contribution is -2.38. The van der Waals surface area contributed by atoms with Gasteiger partial charge in [-0.1, -0.05) is 6.07 Å². The van der Waals surface area contributed by atoms with Crippen LogP contribution in [0.15, 0.2) is 36.7 Å². The van der Waals surface area contributed by atoms with Gasteiger partial charge in [0.1, 0.15) is 5.75 Å². The summed E-state index contributed by atoms with van der Waals surface area (Å²) >= 11 is 0. The van der Waals surface area contributed by atoms with Crippen LogP contribution in [0, 0.1) is 5.92 Å². The number of nitrogens with one attached hydrogen (secondary N) is 2. The fourth-order valence-electron chi connectivity index (χ4n) is 5.27. The zero-order valence-electron chi connectivity index (χ0n) is 22.0. The van der Waals surface area contributed by atoms with Crippen LogP contribution in [0.5, 0.6) is 5.75 Å². The Kier molecular flexibility index (Phi) is 8.29. The summed E-state index contributed by atoms with van der Waals surface area (Å²) in [5, 5.41) is 18.5. The van der Waals surface area contributed by atoms with Crippen LogP contribution in [0.2, 0.25) is 0 Å². The van der Waals surface area contributed by atoms with Crippen molar-refractivity contribution in [2.45, 2.75) is 50.7 Å². The maximum absolute atomic E-state index is 12.8. The first-order chi connectivity index (χ1) is 18.8. The van der Waals surface area contributed by atoms with Gasteiger partial charge in [0.2, 0.25) is 21.9 Å². The van der Waals surface area contributed by atoms with E-state index in [4.69, 9.17) is 4.74 Å². The number of benzene rings is 1. The third kappa shape index (κ3) is 6.48. The second-order valence-electron chi connectivity index (χ2n) is 10.1. The number of β-amino-alcohol motifs (C(OH)–C–C–N with tert-alkyl or cyclic N) is 1. The highest BCUT2D eigenvalue weighted by molar-refractivity contribution is 7.89. The largest absolute Gasteiger partial charge is 0.493 e. The number of sulfonamides is 1. The van der Waals surface area contributed by atoms with Crippen molar-refractivity contribution in [2.75, 3.05) is 37.8 Å². The van der Waals surface area contributed by atoms with Gasteiger partial charge in [0, 0.05) is 37.3 Å². The molecule has 0 unspecified atom stereocenters. The summed E-state index contributed by atoms with van der Waals surface area (Å²) in [6.45, 7) is 1.37. The van der Waals surface area contributed by atoms with Crippen LogP contribution in [-0.2, 0) is 14.8 Å². The molecule has 5 rings (SSSR count). The molecule has 0 spiro atoms. The van der Waals surface area contributed by atoms with Crippen LogP contribution in [0.4, 0.5) is 5.95 Å². The summed E-state index contributed by atoms with van der Waals surface area (Å²) in [7, 11) is -1.87. The number of amides is 1. The molecule has 12 nitrogen and oxygen atoms in total. The SMILES string of the molecule is CNS(=O)(=O)CCCOc1cccc2c1cnn2-c1ccnc(NC2CCC(C(=O)N3CC[C@@H](O)C3)CC2)n1. The Morgan fingerprint density at radius 2 is 2.00 bits per heavy atom. The minimum Gasteiger partial charge on any atom is -0.493 e. The highest BCUT2D eigenvalue weighted by atomic mass is 32.2. The van der Waals surface area contributed by atoms with Gasteiger partial charge in [-0.2, -0.15) is 10.1 Å². The van der Waals surface area contributed by atoms with Gasteiger partial charge >= 0.3 is 0 Å². The van der Waals surface area contributed by atoms with Gasteiger partial charge in [0.25, 0.3) is 0 Å². The monoisotopic (exact) mass is 557 g/mol. The smallest absolute Gasteiger partial charge is 0.225 e. The molecule has 210 valence electrons. The van der Waals surface area contributed by atoms with Crippen molar-refractivity contribution in [1.82, 2.24) is 29.4 Å². The number of hydrogen-bond acceptors (Lipinski definition) is 9. The first-order valence-corrected chi connectivity index (χ1v) is 15.1. The second kappa shape index (κ2) is 11.8. The van der Waals surface area contributed by atoms with Crippen LogP contribution in [0.25, 0.3) is 16.7 Å². The van der Waals surface area contributed by atoms with Crippen molar-refractivity contribution in [1.29, 1.82) is 0 Å². The molecule has 1 aromatic carbocycles. The lowest BCUT2D eigenvalue weighted by Gasteiger charge is -2.30. The number of hydrogen-bond donors (Lipinski definition) is 3. The Hall–Kier alpha value is -3.29. The topological polar surface area (TPSA) is 152 Å². The number of rotatable bonds is 10. The standard InChI is InChI=1S/C26H35N7O5S/c1-27-39(36,37)15-3-14-38-23-5-2-4-22-21(23)16-29-33(22)24-10-12-28-26(31-24)30-19-8-6-18(7-9-19)25(35)32-13-11-20(34)17-32/h2,4-5,10,12,16,18-20,27,34H,3,6-9,11,13-15,17H2,1H3,(H,28,30,31)/t18?,19?,20-/m1/s1. The Morgan fingerprint density at radius 1 is 1.18 bits per heavy atom. The molecular formula is C26H35N7O5S. The van der Waals surface area contributed by atoms with Crippen molar-refractivity contribution in [3.05, 3.63) is 36.7 Å². The van der Waals surface area contributed by atoms with Gasteiger partial charge in [0.15, 0.2) is 5.82 Å². The normalized spacial score (nSPS) is 21.8. The number of likely N-dealkylation sites (tertiary alicyclic amines) is 1. The lowest BCUT2D eigenvalue weighted by atomic mass is 9.85. The number of aliphatic hydroxyl groups is 1. The van der Waals surface area contributed by atoms with E-state index in [0.29, 0.717) is 43.4 Å². The number of carbonyl (C=O) groups is 1. The number of fused-ring (bicyclic) bond motifs is 1. The molecular weight excluding hydrogens is 522 g/mol. The molecule has 3 aromatic rings. The third-order valence-electron chi connectivity index (χ3n) is 7.44. The highest BCUT2D eigenvalue weighted by Gasteiger charge is 2.33. The third-order valence-corrected chi connectivity index (χ3v) is 8.89. The molecule has 13 heteroatoms. The first-order valence-electron chi connectivity index (χ1n) is 13.4. The minimum atomic E-state index is -3.27. The second-order valence-corrected chi connectivity index (χ2v) is 12.2. The summed E-state index contributed by atoms with van der Waals surface area (Å²) in [6, 6.07) is 7.58. The first kappa shape index (κ1) is 27.3. The molecule has 1 amide bonds. The van der Waals surface area contributed by atoms with E-state index in [1.165, 1.54) is 7.05 Å². The summed E-state index contributed by atoms with van der Waals surface area (Å²) in [4.78, 5) is 23.7. The fourth-order valence-corrected chi connectivity index (χ4v) is 5.97. The number of carbonyl (C=O) groups excluding carboxylic acids is 1. The number of nitrogens with zero attached hydrogens (tertiary/aromatic N) is 5. The quantitative estimate of drug-likeness (QED) is 0.316. The maximum atomic E-state index is 12.8. The van der Waals surface area contributed by atoms with E-state index < -0.39 is 16.1 Å². The van der Waals surface area contributed by atoms with Crippen molar-refractivity contribution in [3.63, 3.8) is 0 Å².